The third-order valence-corrected chi connectivity index (χ3v) is 4.24. The van der Waals surface area contributed by atoms with Crippen LogP contribution in [0.15, 0.2) is 23.8 Å². The number of aliphatic hydroxyl groups is 1. The first-order chi connectivity index (χ1) is 11.9. The minimum atomic E-state index is -1.18. The Labute approximate surface area is 146 Å². The summed E-state index contributed by atoms with van der Waals surface area (Å²) in [6.45, 7) is 6.32. The lowest BCUT2D eigenvalue weighted by Gasteiger charge is -2.28. The van der Waals surface area contributed by atoms with Gasteiger partial charge in [-0.2, -0.15) is 0 Å². The largest absolute Gasteiger partial charge is 0.398 e. The Bertz CT molecular complexity index is 853. The molecule has 3 rings (SSSR count). The summed E-state index contributed by atoms with van der Waals surface area (Å²) in [5, 5.41) is 16.2. The number of aliphatic hydroxyl groups excluding tert-OH is 1. The molecule has 2 aromatic rings. The van der Waals surface area contributed by atoms with Crippen molar-refractivity contribution in [1.29, 1.82) is 0 Å². The van der Waals surface area contributed by atoms with E-state index < -0.39 is 6.23 Å². The van der Waals surface area contributed by atoms with Crippen LogP contribution in [0.25, 0.3) is 17.0 Å². The summed E-state index contributed by atoms with van der Waals surface area (Å²) >= 11 is 0. The summed E-state index contributed by atoms with van der Waals surface area (Å²) in [6.07, 6.45) is -0.369. The molecule has 0 aliphatic carbocycles. The van der Waals surface area contributed by atoms with Crippen LogP contribution in [0, 0.1) is 13.8 Å². The van der Waals surface area contributed by atoms with Crippen LogP contribution in [0.3, 0.4) is 0 Å². The topological polar surface area (TPSA) is 116 Å². The number of H-pyrrole nitrogens is 1. The highest BCUT2D eigenvalue weighted by Gasteiger charge is 2.30. The molecule has 1 aromatic heterocycles. The number of amides is 1. The number of rotatable bonds is 4. The van der Waals surface area contributed by atoms with Crippen LogP contribution in [0.5, 0.6) is 0 Å². The van der Waals surface area contributed by atoms with Gasteiger partial charge in [0.15, 0.2) is 6.23 Å². The molecule has 132 valence electrons. The molecule has 0 fully saturated rings. The van der Waals surface area contributed by atoms with E-state index in [2.05, 4.69) is 20.6 Å². The molecule has 6 N–H and O–H groups in total. The lowest BCUT2D eigenvalue weighted by atomic mass is 9.94. The van der Waals surface area contributed by atoms with Crippen molar-refractivity contribution in [3.63, 3.8) is 0 Å². The smallest absolute Gasteiger partial charge is 0.253 e. The second-order valence-electron chi connectivity index (χ2n) is 6.15. The van der Waals surface area contributed by atoms with E-state index in [0.29, 0.717) is 17.8 Å². The second kappa shape index (κ2) is 6.60. The minimum Gasteiger partial charge on any atom is -0.398 e. The maximum Gasteiger partial charge on any atom is 0.253 e. The van der Waals surface area contributed by atoms with Gasteiger partial charge in [-0.3, -0.25) is 4.79 Å². The Hall–Kier alpha value is -2.80. The number of nitrogens with two attached hydrogens (primary N) is 1. The quantitative estimate of drug-likeness (QED) is 0.580. The van der Waals surface area contributed by atoms with Gasteiger partial charge in [-0.25, -0.2) is 4.98 Å². The molecule has 0 saturated carbocycles. The fraction of sp³-hybridized carbons (Fsp3) is 0.333. The third kappa shape index (κ3) is 2.98. The van der Waals surface area contributed by atoms with E-state index in [1.807, 2.05) is 39.0 Å². The standard InChI is InChI=1S/C18H23N5O2/c1-4-8-20-17(24)13-14(19)11-6-5-7-12(16(11)23-18(13)25)15-9(2)21-10(3)22-15/h5-7,18,23,25H,4,8,19H2,1-3H3,(H,20,24)(H,21,22). The van der Waals surface area contributed by atoms with Gasteiger partial charge in [-0.15, -0.1) is 0 Å². The number of fused-ring (bicyclic) bond motifs is 1. The van der Waals surface area contributed by atoms with E-state index in [0.717, 1.165) is 29.2 Å². The molecule has 7 heteroatoms. The van der Waals surface area contributed by atoms with Crippen molar-refractivity contribution in [3.8, 4) is 11.3 Å². The van der Waals surface area contributed by atoms with Gasteiger partial charge < -0.3 is 26.5 Å². The summed E-state index contributed by atoms with van der Waals surface area (Å²) in [5.74, 6) is 0.451. The Morgan fingerprint density at radius 2 is 2.08 bits per heavy atom. The average Bonchev–Trinajstić information content (AvgIpc) is 2.90. The molecule has 0 radical (unpaired) electrons. The highest BCUT2D eigenvalue weighted by molar-refractivity contribution is 6.06. The van der Waals surface area contributed by atoms with E-state index >= 15 is 0 Å². The third-order valence-electron chi connectivity index (χ3n) is 4.24. The number of hydrogen-bond acceptors (Lipinski definition) is 5. The number of anilines is 1. The number of aromatic amines is 1. The minimum absolute atomic E-state index is 0.146. The molecule has 0 saturated heterocycles. The van der Waals surface area contributed by atoms with Gasteiger partial charge in [0.2, 0.25) is 0 Å². The van der Waals surface area contributed by atoms with Crippen molar-refractivity contribution in [1.82, 2.24) is 15.3 Å². The molecule has 25 heavy (non-hydrogen) atoms. The Balaban J connectivity index is 2.10. The van der Waals surface area contributed by atoms with Gasteiger partial charge in [0.05, 0.1) is 22.7 Å². The maximum absolute atomic E-state index is 12.3. The van der Waals surface area contributed by atoms with Crippen molar-refractivity contribution < 1.29 is 9.90 Å². The summed E-state index contributed by atoms with van der Waals surface area (Å²) in [6, 6.07) is 5.61. The van der Waals surface area contributed by atoms with Gasteiger partial charge in [0, 0.05) is 23.4 Å². The average molecular weight is 341 g/mol. The molecular weight excluding hydrogens is 318 g/mol. The van der Waals surface area contributed by atoms with Crippen LogP contribution >= 0.6 is 0 Å². The second-order valence-corrected chi connectivity index (χ2v) is 6.15. The Kier molecular flexibility index (Phi) is 4.50. The van der Waals surface area contributed by atoms with Gasteiger partial charge >= 0.3 is 0 Å². The van der Waals surface area contributed by atoms with Gasteiger partial charge in [0.1, 0.15) is 5.82 Å². The normalized spacial score (nSPS) is 16.4. The van der Waals surface area contributed by atoms with Crippen LogP contribution in [0.1, 0.15) is 30.4 Å². The molecule has 7 nitrogen and oxygen atoms in total. The summed E-state index contributed by atoms with van der Waals surface area (Å²) in [4.78, 5) is 20.0. The molecule has 1 aliphatic heterocycles. The molecule has 1 atom stereocenters. The van der Waals surface area contributed by atoms with Crippen molar-refractivity contribution in [2.75, 3.05) is 11.9 Å². The molecule has 1 unspecified atom stereocenters. The van der Waals surface area contributed by atoms with Gasteiger partial charge in [0.25, 0.3) is 5.91 Å². The molecule has 0 bridgehead atoms. The van der Waals surface area contributed by atoms with E-state index in [4.69, 9.17) is 5.73 Å². The molecular formula is C18H23N5O2. The van der Waals surface area contributed by atoms with E-state index in [-0.39, 0.29) is 17.2 Å². The van der Waals surface area contributed by atoms with Crippen LogP contribution in [-0.4, -0.2) is 33.8 Å². The number of imidazole rings is 1. The summed E-state index contributed by atoms with van der Waals surface area (Å²) < 4.78 is 0. The lowest BCUT2D eigenvalue weighted by Crippen LogP contribution is -2.38. The SMILES string of the molecule is CCCNC(=O)C1=C(N)c2cccc(-c3nc(C)[nH]c3C)c2NC1O. The fourth-order valence-corrected chi connectivity index (χ4v) is 3.08. The van der Waals surface area contributed by atoms with Crippen molar-refractivity contribution in [2.24, 2.45) is 5.73 Å². The molecule has 0 spiro atoms. The predicted octanol–water partition coefficient (Wildman–Crippen LogP) is 1.63. The monoisotopic (exact) mass is 341 g/mol. The molecule has 2 heterocycles. The number of nitrogens with one attached hydrogen (secondary N) is 3. The zero-order chi connectivity index (χ0) is 18.1. The summed E-state index contributed by atoms with van der Waals surface area (Å²) in [5.41, 5.74) is 10.6. The van der Waals surface area contributed by atoms with Crippen molar-refractivity contribution >= 4 is 17.3 Å². The van der Waals surface area contributed by atoms with E-state index in [9.17, 15) is 9.90 Å². The van der Waals surface area contributed by atoms with Gasteiger partial charge in [-0.1, -0.05) is 25.1 Å². The van der Waals surface area contributed by atoms with Crippen molar-refractivity contribution in [3.05, 3.63) is 40.9 Å². The number of benzene rings is 1. The first kappa shape index (κ1) is 17.0. The first-order valence-corrected chi connectivity index (χ1v) is 8.33. The Morgan fingerprint density at radius 1 is 1.36 bits per heavy atom. The highest BCUT2D eigenvalue weighted by Crippen LogP contribution is 2.38. The van der Waals surface area contributed by atoms with E-state index in [1.54, 1.807) is 0 Å². The number of carbonyl (C=O) groups is 1. The number of hydrogen-bond donors (Lipinski definition) is 5. The maximum atomic E-state index is 12.3. The fourth-order valence-electron chi connectivity index (χ4n) is 3.08. The number of nitrogens with zero attached hydrogens (tertiary/aromatic N) is 1. The number of aromatic nitrogens is 2. The van der Waals surface area contributed by atoms with Crippen molar-refractivity contribution in [2.45, 2.75) is 33.4 Å². The zero-order valence-corrected chi connectivity index (χ0v) is 14.6. The van der Waals surface area contributed by atoms with Crippen LogP contribution < -0.4 is 16.4 Å². The molecule has 1 aliphatic rings. The first-order valence-electron chi connectivity index (χ1n) is 8.33. The lowest BCUT2D eigenvalue weighted by molar-refractivity contribution is -0.118. The predicted molar refractivity (Wildman–Crippen MR) is 97.5 cm³/mol. The molecule has 1 amide bonds. The number of carbonyl (C=O) groups excluding carboxylic acids is 1. The van der Waals surface area contributed by atoms with Gasteiger partial charge in [-0.05, 0) is 20.3 Å². The van der Waals surface area contributed by atoms with Crippen LogP contribution in [0.2, 0.25) is 0 Å². The summed E-state index contributed by atoms with van der Waals surface area (Å²) in [7, 11) is 0. The Morgan fingerprint density at radius 3 is 2.72 bits per heavy atom. The van der Waals surface area contributed by atoms with Crippen LogP contribution in [-0.2, 0) is 4.79 Å². The molecule has 1 aromatic carbocycles. The van der Waals surface area contributed by atoms with Crippen LogP contribution in [0.4, 0.5) is 5.69 Å². The number of para-hydroxylation sites is 1. The number of aryl methyl sites for hydroxylation is 2. The highest BCUT2D eigenvalue weighted by atomic mass is 16.3. The zero-order valence-electron chi connectivity index (χ0n) is 14.6. The van der Waals surface area contributed by atoms with E-state index in [1.165, 1.54) is 0 Å².